The van der Waals surface area contributed by atoms with Gasteiger partial charge in [0.15, 0.2) is 0 Å². The number of carboxylic acid groups (broad SMARTS) is 1. The van der Waals surface area contributed by atoms with Crippen LogP contribution in [-0.4, -0.2) is 35.0 Å². The molecule has 0 aliphatic carbocycles. The Morgan fingerprint density at radius 3 is 2.00 bits per heavy atom. The van der Waals surface area contributed by atoms with Gasteiger partial charge in [-0.1, -0.05) is 26.0 Å². The second-order valence-electron chi connectivity index (χ2n) is 6.15. The number of amides is 1. The van der Waals surface area contributed by atoms with E-state index < -0.39 is 5.97 Å². The van der Waals surface area contributed by atoms with Crippen molar-refractivity contribution in [2.75, 3.05) is 7.05 Å². The number of hydrogen-bond acceptors (Lipinski definition) is 2. The zero-order valence-corrected chi connectivity index (χ0v) is 13.7. The summed E-state index contributed by atoms with van der Waals surface area (Å²) >= 11 is 0. The zero-order chi connectivity index (χ0) is 16.3. The third-order valence-electron chi connectivity index (χ3n) is 3.84. The highest BCUT2D eigenvalue weighted by Gasteiger charge is 2.26. The molecule has 0 saturated carbocycles. The number of carboxylic acids is 1. The van der Waals surface area contributed by atoms with Crippen molar-refractivity contribution in [1.29, 1.82) is 0 Å². The van der Waals surface area contributed by atoms with Gasteiger partial charge in [-0.3, -0.25) is 4.79 Å². The molecule has 1 aromatic rings. The molecular weight excluding hydrogens is 266 g/mol. The Balaban J connectivity index is 3.24. The molecule has 1 amide bonds. The van der Waals surface area contributed by atoms with Gasteiger partial charge >= 0.3 is 5.97 Å². The number of aryl methyl sites for hydroxylation is 2. The number of aromatic carboxylic acids is 1. The van der Waals surface area contributed by atoms with E-state index in [0.29, 0.717) is 22.6 Å². The molecule has 0 heterocycles. The van der Waals surface area contributed by atoms with Gasteiger partial charge in [0.25, 0.3) is 5.91 Å². The molecule has 0 saturated heterocycles. The van der Waals surface area contributed by atoms with E-state index in [1.54, 1.807) is 37.9 Å². The van der Waals surface area contributed by atoms with Crippen LogP contribution in [0.1, 0.15) is 59.0 Å². The van der Waals surface area contributed by atoms with Gasteiger partial charge in [-0.2, -0.15) is 0 Å². The van der Waals surface area contributed by atoms with Crippen molar-refractivity contribution in [3.8, 4) is 0 Å². The smallest absolute Gasteiger partial charge is 0.336 e. The predicted molar refractivity (Wildman–Crippen MR) is 83.9 cm³/mol. The minimum Gasteiger partial charge on any atom is -0.478 e. The number of hydrogen-bond donors (Lipinski definition) is 1. The van der Waals surface area contributed by atoms with Crippen molar-refractivity contribution in [1.82, 2.24) is 4.90 Å². The maximum Gasteiger partial charge on any atom is 0.336 e. The molecule has 4 heteroatoms. The zero-order valence-electron chi connectivity index (χ0n) is 13.7. The van der Waals surface area contributed by atoms with Crippen LogP contribution in [0.2, 0.25) is 0 Å². The van der Waals surface area contributed by atoms with Crippen LogP contribution < -0.4 is 0 Å². The molecule has 0 aliphatic heterocycles. The van der Waals surface area contributed by atoms with E-state index in [0.717, 1.165) is 6.42 Å². The summed E-state index contributed by atoms with van der Waals surface area (Å²) in [6.07, 6.45) is 0.884. The molecule has 21 heavy (non-hydrogen) atoms. The molecule has 0 bridgehead atoms. The van der Waals surface area contributed by atoms with Gasteiger partial charge in [-0.05, 0) is 44.2 Å². The van der Waals surface area contributed by atoms with Crippen molar-refractivity contribution in [2.45, 2.75) is 47.1 Å². The highest BCUT2D eigenvalue weighted by molar-refractivity contribution is 6.06. The normalized spacial score (nSPS) is 12.3. The van der Waals surface area contributed by atoms with Crippen LogP contribution >= 0.6 is 0 Å². The highest BCUT2D eigenvalue weighted by Crippen LogP contribution is 2.22. The maximum absolute atomic E-state index is 12.7. The first-order chi connectivity index (χ1) is 9.66. The van der Waals surface area contributed by atoms with Crippen LogP contribution in [0.15, 0.2) is 12.1 Å². The summed E-state index contributed by atoms with van der Waals surface area (Å²) in [5.74, 6) is -0.793. The lowest BCUT2D eigenvalue weighted by Gasteiger charge is -2.27. The first kappa shape index (κ1) is 17.2. The van der Waals surface area contributed by atoms with Crippen LogP contribution in [0.5, 0.6) is 0 Å². The molecule has 0 radical (unpaired) electrons. The Kier molecular flexibility index (Phi) is 5.53. The SMILES string of the molecule is Cc1ccc(C)c(C(=O)N(C)C(C)CC(C)C)c1C(=O)O. The van der Waals surface area contributed by atoms with E-state index in [4.69, 9.17) is 0 Å². The number of benzene rings is 1. The molecule has 1 unspecified atom stereocenters. The fraction of sp³-hybridized carbons (Fsp3) is 0.529. The predicted octanol–water partition coefficient (Wildman–Crippen LogP) is 3.51. The lowest BCUT2D eigenvalue weighted by atomic mass is 9.95. The number of nitrogens with zero attached hydrogens (tertiary/aromatic N) is 1. The summed E-state index contributed by atoms with van der Waals surface area (Å²) < 4.78 is 0. The van der Waals surface area contributed by atoms with Crippen LogP contribution in [0.25, 0.3) is 0 Å². The second kappa shape index (κ2) is 6.74. The molecule has 1 aromatic carbocycles. The Morgan fingerprint density at radius 1 is 1.10 bits per heavy atom. The van der Waals surface area contributed by atoms with Crippen LogP contribution in [-0.2, 0) is 0 Å². The quantitative estimate of drug-likeness (QED) is 0.903. The molecule has 1 N–H and O–H groups in total. The summed E-state index contributed by atoms with van der Waals surface area (Å²) in [5.41, 5.74) is 1.73. The first-order valence-electron chi connectivity index (χ1n) is 7.27. The Bertz CT molecular complexity index is 549. The van der Waals surface area contributed by atoms with Crippen molar-refractivity contribution >= 4 is 11.9 Å². The summed E-state index contributed by atoms with van der Waals surface area (Å²) in [6, 6.07) is 3.61. The largest absolute Gasteiger partial charge is 0.478 e. The summed E-state index contributed by atoms with van der Waals surface area (Å²) in [4.78, 5) is 25.9. The molecule has 0 fully saturated rings. The lowest BCUT2D eigenvalue weighted by molar-refractivity contribution is 0.0665. The van der Waals surface area contributed by atoms with Gasteiger partial charge in [0, 0.05) is 13.1 Å². The van der Waals surface area contributed by atoms with E-state index in [1.165, 1.54) is 0 Å². The number of carbonyl (C=O) groups is 2. The van der Waals surface area contributed by atoms with Crippen molar-refractivity contribution in [3.63, 3.8) is 0 Å². The molecule has 1 rings (SSSR count). The fourth-order valence-corrected chi connectivity index (χ4v) is 2.58. The van der Waals surface area contributed by atoms with E-state index in [-0.39, 0.29) is 17.5 Å². The molecule has 4 nitrogen and oxygen atoms in total. The number of rotatable bonds is 5. The van der Waals surface area contributed by atoms with Gasteiger partial charge in [-0.15, -0.1) is 0 Å². The average Bonchev–Trinajstić information content (AvgIpc) is 2.38. The molecule has 116 valence electrons. The van der Waals surface area contributed by atoms with Crippen LogP contribution in [0, 0.1) is 19.8 Å². The Hall–Kier alpha value is -1.84. The highest BCUT2D eigenvalue weighted by atomic mass is 16.4. The minimum absolute atomic E-state index is 0.0686. The van der Waals surface area contributed by atoms with E-state index >= 15 is 0 Å². The van der Waals surface area contributed by atoms with Gasteiger partial charge in [0.2, 0.25) is 0 Å². The van der Waals surface area contributed by atoms with Gasteiger partial charge < -0.3 is 10.0 Å². The lowest BCUT2D eigenvalue weighted by Crippen LogP contribution is -2.37. The molecule has 0 aromatic heterocycles. The van der Waals surface area contributed by atoms with Gasteiger partial charge in [-0.25, -0.2) is 4.79 Å². The summed E-state index contributed by atoms with van der Waals surface area (Å²) in [6.45, 7) is 9.70. The van der Waals surface area contributed by atoms with E-state index in [1.807, 2.05) is 6.92 Å². The third kappa shape index (κ3) is 3.84. The van der Waals surface area contributed by atoms with Gasteiger partial charge in [0.05, 0.1) is 11.1 Å². The standard InChI is InChI=1S/C17H25NO3/c1-10(2)9-13(5)18(6)16(19)14-11(3)7-8-12(4)15(14)17(20)21/h7-8,10,13H,9H2,1-6H3,(H,20,21). The first-order valence-corrected chi connectivity index (χ1v) is 7.27. The Morgan fingerprint density at radius 2 is 1.57 bits per heavy atom. The Labute approximate surface area is 126 Å². The average molecular weight is 291 g/mol. The summed E-state index contributed by atoms with van der Waals surface area (Å²) in [5, 5.41) is 9.41. The monoisotopic (exact) mass is 291 g/mol. The minimum atomic E-state index is -1.05. The molecule has 0 aliphatic rings. The van der Waals surface area contributed by atoms with Crippen molar-refractivity contribution in [3.05, 3.63) is 34.4 Å². The van der Waals surface area contributed by atoms with Crippen LogP contribution in [0.4, 0.5) is 0 Å². The van der Waals surface area contributed by atoms with Crippen molar-refractivity contribution in [2.24, 2.45) is 5.92 Å². The molecule has 0 spiro atoms. The molecular formula is C17H25NO3. The molecule has 1 atom stereocenters. The topological polar surface area (TPSA) is 57.6 Å². The second-order valence-corrected chi connectivity index (χ2v) is 6.15. The third-order valence-corrected chi connectivity index (χ3v) is 3.84. The van der Waals surface area contributed by atoms with Crippen LogP contribution in [0.3, 0.4) is 0 Å². The van der Waals surface area contributed by atoms with Crippen molar-refractivity contribution < 1.29 is 14.7 Å². The number of carbonyl (C=O) groups excluding carboxylic acids is 1. The maximum atomic E-state index is 12.7. The fourth-order valence-electron chi connectivity index (χ4n) is 2.58. The van der Waals surface area contributed by atoms with E-state index in [9.17, 15) is 14.7 Å². The summed E-state index contributed by atoms with van der Waals surface area (Å²) in [7, 11) is 1.74. The van der Waals surface area contributed by atoms with E-state index in [2.05, 4.69) is 13.8 Å². The van der Waals surface area contributed by atoms with Gasteiger partial charge in [0.1, 0.15) is 0 Å².